The monoisotopic (exact) mass is 367 g/mol. The smallest absolute Gasteiger partial charge is 0.235 e. The van der Waals surface area contributed by atoms with E-state index in [4.69, 9.17) is 17.3 Å². The minimum atomic E-state index is -0.854. The molecule has 0 aliphatic rings. The Labute approximate surface area is 119 Å². The van der Waals surface area contributed by atoms with Crippen molar-refractivity contribution in [2.45, 2.75) is 24.8 Å². The SMILES string of the molecule is CC(O)[C@H](Cc1cccc(I)c1)C(Cl)C(N)=O. The zero-order valence-corrected chi connectivity index (χ0v) is 12.4. The van der Waals surface area contributed by atoms with Gasteiger partial charge in [-0.3, -0.25) is 4.79 Å². The molecule has 3 nitrogen and oxygen atoms in total. The fourth-order valence-corrected chi connectivity index (χ4v) is 2.57. The molecule has 0 saturated carbocycles. The number of rotatable bonds is 5. The van der Waals surface area contributed by atoms with Gasteiger partial charge in [0.2, 0.25) is 5.91 Å². The maximum atomic E-state index is 11.1. The van der Waals surface area contributed by atoms with Crippen molar-refractivity contribution in [3.05, 3.63) is 33.4 Å². The molecule has 17 heavy (non-hydrogen) atoms. The lowest BCUT2D eigenvalue weighted by Crippen LogP contribution is -2.37. The molecule has 0 aliphatic heterocycles. The Balaban J connectivity index is 2.84. The maximum Gasteiger partial charge on any atom is 0.235 e. The number of nitrogens with two attached hydrogens (primary N) is 1. The lowest BCUT2D eigenvalue weighted by Gasteiger charge is -2.23. The summed E-state index contributed by atoms with van der Waals surface area (Å²) in [6.07, 6.45) is -0.145. The number of amides is 1. The highest BCUT2D eigenvalue weighted by Crippen LogP contribution is 2.21. The van der Waals surface area contributed by atoms with Crippen LogP contribution >= 0.6 is 34.2 Å². The van der Waals surface area contributed by atoms with Gasteiger partial charge in [0.15, 0.2) is 0 Å². The summed E-state index contributed by atoms with van der Waals surface area (Å²) in [6.45, 7) is 1.62. The van der Waals surface area contributed by atoms with Crippen LogP contribution < -0.4 is 5.73 Å². The highest BCUT2D eigenvalue weighted by Gasteiger charge is 2.28. The number of hydrogen-bond donors (Lipinski definition) is 2. The second-order valence-corrected chi connectivity index (χ2v) is 5.76. The Bertz CT molecular complexity index is 398. The van der Waals surface area contributed by atoms with Crippen molar-refractivity contribution in [2.75, 3.05) is 0 Å². The van der Waals surface area contributed by atoms with Crippen LogP contribution in [0, 0.1) is 9.49 Å². The number of benzene rings is 1. The van der Waals surface area contributed by atoms with Crippen LogP contribution in [-0.2, 0) is 11.2 Å². The topological polar surface area (TPSA) is 63.3 Å². The van der Waals surface area contributed by atoms with Gasteiger partial charge in [-0.2, -0.15) is 0 Å². The number of primary amides is 1. The van der Waals surface area contributed by atoms with Gasteiger partial charge in [0.25, 0.3) is 0 Å². The van der Waals surface area contributed by atoms with E-state index in [2.05, 4.69) is 22.6 Å². The molecule has 3 N–H and O–H groups in total. The maximum absolute atomic E-state index is 11.1. The Hall–Kier alpha value is -0.330. The molecule has 0 heterocycles. The molecule has 0 fully saturated rings. The molecule has 5 heteroatoms. The first kappa shape index (κ1) is 14.7. The predicted octanol–water partition coefficient (Wildman–Crippen LogP) is 1.92. The first-order valence-electron chi connectivity index (χ1n) is 5.27. The van der Waals surface area contributed by atoms with Crippen molar-refractivity contribution in [1.82, 2.24) is 0 Å². The molecule has 1 amide bonds. The summed E-state index contributed by atoms with van der Waals surface area (Å²) < 4.78 is 1.11. The van der Waals surface area contributed by atoms with Gasteiger partial charge in [-0.05, 0) is 53.6 Å². The predicted molar refractivity (Wildman–Crippen MR) is 76.9 cm³/mol. The lowest BCUT2D eigenvalue weighted by atomic mass is 9.91. The van der Waals surface area contributed by atoms with Crippen molar-refractivity contribution < 1.29 is 9.90 Å². The van der Waals surface area contributed by atoms with Crippen molar-refractivity contribution in [3.63, 3.8) is 0 Å². The molecule has 0 aromatic heterocycles. The zero-order chi connectivity index (χ0) is 13.0. The van der Waals surface area contributed by atoms with Crippen LogP contribution in [0.3, 0.4) is 0 Å². The molecule has 1 rings (SSSR count). The molecular weight excluding hydrogens is 352 g/mol. The molecule has 1 aromatic carbocycles. The molecule has 0 bridgehead atoms. The summed E-state index contributed by atoms with van der Waals surface area (Å²) in [7, 11) is 0. The Kier molecular flexibility index (Phi) is 5.69. The average Bonchev–Trinajstić information content (AvgIpc) is 2.24. The first-order chi connectivity index (χ1) is 7.91. The highest BCUT2D eigenvalue weighted by atomic mass is 127. The molecule has 0 aliphatic carbocycles. The largest absolute Gasteiger partial charge is 0.393 e. The van der Waals surface area contributed by atoms with Crippen LogP contribution in [0.25, 0.3) is 0 Å². The van der Waals surface area contributed by atoms with Gasteiger partial charge in [0.05, 0.1) is 6.10 Å². The Morgan fingerprint density at radius 1 is 1.59 bits per heavy atom. The van der Waals surface area contributed by atoms with E-state index in [9.17, 15) is 9.90 Å². The highest BCUT2D eigenvalue weighted by molar-refractivity contribution is 14.1. The zero-order valence-electron chi connectivity index (χ0n) is 9.44. The number of aliphatic hydroxyl groups is 1. The van der Waals surface area contributed by atoms with Crippen LogP contribution in [0.15, 0.2) is 24.3 Å². The second kappa shape index (κ2) is 6.56. The van der Waals surface area contributed by atoms with Gasteiger partial charge in [-0.25, -0.2) is 0 Å². The molecule has 94 valence electrons. The van der Waals surface area contributed by atoms with E-state index in [0.29, 0.717) is 6.42 Å². The van der Waals surface area contributed by atoms with E-state index in [0.717, 1.165) is 9.13 Å². The number of aliphatic hydroxyl groups excluding tert-OH is 1. The number of alkyl halides is 1. The Morgan fingerprint density at radius 2 is 2.24 bits per heavy atom. The average molecular weight is 368 g/mol. The third kappa shape index (κ3) is 4.44. The van der Waals surface area contributed by atoms with Crippen LogP contribution in [0.4, 0.5) is 0 Å². The number of carbonyl (C=O) groups is 1. The number of hydrogen-bond acceptors (Lipinski definition) is 2. The molecule has 2 unspecified atom stereocenters. The van der Waals surface area contributed by atoms with Gasteiger partial charge in [-0.1, -0.05) is 12.1 Å². The minimum absolute atomic E-state index is 0.368. The van der Waals surface area contributed by atoms with Crippen LogP contribution in [0.5, 0.6) is 0 Å². The summed E-state index contributed by atoms with van der Waals surface area (Å²) in [5.74, 6) is -0.962. The van der Waals surface area contributed by atoms with Crippen molar-refractivity contribution >= 4 is 40.1 Å². The van der Waals surface area contributed by atoms with E-state index in [1.165, 1.54) is 0 Å². The van der Waals surface area contributed by atoms with E-state index >= 15 is 0 Å². The van der Waals surface area contributed by atoms with Gasteiger partial charge in [0.1, 0.15) is 5.38 Å². The van der Waals surface area contributed by atoms with Gasteiger partial charge in [0, 0.05) is 9.49 Å². The number of halogens is 2. The van der Waals surface area contributed by atoms with Crippen molar-refractivity contribution in [3.8, 4) is 0 Å². The standard InChI is InChI=1S/C12H15ClINO2/c1-7(16)10(11(13)12(15)17)6-8-3-2-4-9(14)5-8/h2-5,7,10-11,16H,6H2,1H3,(H2,15,17)/t7?,10-,11?/m0/s1. The van der Waals surface area contributed by atoms with Crippen molar-refractivity contribution in [1.29, 1.82) is 0 Å². The summed E-state index contributed by atoms with van der Waals surface area (Å²) in [6, 6.07) is 7.86. The van der Waals surface area contributed by atoms with Crippen LogP contribution in [0.1, 0.15) is 12.5 Å². The van der Waals surface area contributed by atoms with Gasteiger partial charge in [-0.15, -0.1) is 11.6 Å². The molecule has 1 aromatic rings. The quantitative estimate of drug-likeness (QED) is 0.617. The Morgan fingerprint density at radius 3 is 2.71 bits per heavy atom. The third-order valence-corrected chi connectivity index (χ3v) is 3.84. The molecule has 3 atom stereocenters. The number of carbonyl (C=O) groups excluding carboxylic acids is 1. The van der Waals surface area contributed by atoms with Gasteiger partial charge < -0.3 is 10.8 Å². The minimum Gasteiger partial charge on any atom is -0.393 e. The third-order valence-electron chi connectivity index (χ3n) is 2.63. The van der Waals surface area contributed by atoms with Gasteiger partial charge >= 0.3 is 0 Å². The summed E-state index contributed by atoms with van der Waals surface area (Å²) in [4.78, 5) is 11.1. The molecule has 0 radical (unpaired) electrons. The van der Waals surface area contributed by atoms with E-state index in [1.807, 2.05) is 24.3 Å². The first-order valence-corrected chi connectivity index (χ1v) is 6.79. The normalized spacial score (nSPS) is 16.2. The lowest BCUT2D eigenvalue weighted by molar-refractivity contribution is -0.119. The second-order valence-electron chi connectivity index (χ2n) is 4.04. The van der Waals surface area contributed by atoms with E-state index < -0.39 is 17.4 Å². The fraction of sp³-hybridized carbons (Fsp3) is 0.417. The van der Waals surface area contributed by atoms with Crippen molar-refractivity contribution in [2.24, 2.45) is 11.7 Å². The summed E-state index contributed by atoms with van der Waals surface area (Å²) >= 11 is 8.14. The van der Waals surface area contributed by atoms with E-state index in [1.54, 1.807) is 6.92 Å². The van der Waals surface area contributed by atoms with Crippen LogP contribution in [0.2, 0.25) is 0 Å². The molecular formula is C12H15ClINO2. The molecule has 0 saturated heterocycles. The summed E-state index contributed by atoms with van der Waals surface area (Å²) in [5, 5.41) is 8.81. The van der Waals surface area contributed by atoms with Crippen LogP contribution in [-0.4, -0.2) is 22.5 Å². The van der Waals surface area contributed by atoms with E-state index in [-0.39, 0.29) is 5.92 Å². The summed E-state index contributed by atoms with van der Waals surface area (Å²) in [5.41, 5.74) is 6.21. The molecule has 0 spiro atoms. The fourth-order valence-electron chi connectivity index (χ4n) is 1.67.